The number of benzene rings is 2. The quantitative estimate of drug-likeness (QED) is 0.613. The molecule has 1 N–H and O–H groups in total. The summed E-state index contributed by atoms with van der Waals surface area (Å²) < 4.78 is 12.3. The molecule has 0 unspecified atom stereocenters. The molecule has 178 valence electrons. The number of hydrogen-bond acceptors (Lipinski definition) is 6. The van der Waals surface area contributed by atoms with Crippen LogP contribution in [0.4, 0.5) is 10.7 Å². The van der Waals surface area contributed by atoms with Crippen LogP contribution >= 0.6 is 0 Å². The number of nitrogens with one attached hydrogen (secondary N) is 1. The fourth-order valence-electron chi connectivity index (χ4n) is 3.82. The van der Waals surface area contributed by atoms with E-state index in [1.165, 1.54) is 0 Å². The Morgan fingerprint density at radius 3 is 2.44 bits per heavy atom. The van der Waals surface area contributed by atoms with Gasteiger partial charge in [0.15, 0.2) is 0 Å². The monoisotopic (exact) mass is 462 g/mol. The van der Waals surface area contributed by atoms with Crippen LogP contribution in [-0.2, 0) is 24.2 Å². The molecule has 0 radical (unpaired) electrons. The van der Waals surface area contributed by atoms with Gasteiger partial charge in [0.25, 0.3) is 5.56 Å². The molecular weight excluding hydrogens is 432 g/mol. The van der Waals surface area contributed by atoms with E-state index in [1.54, 1.807) is 16.6 Å². The van der Waals surface area contributed by atoms with Gasteiger partial charge in [-0.1, -0.05) is 30.3 Å². The Hall–Kier alpha value is -3.81. The van der Waals surface area contributed by atoms with Crippen LogP contribution < -0.4 is 15.6 Å². The lowest BCUT2D eigenvalue weighted by atomic mass is 10.1. The van der Waals surface area contributed by atoms with E-state index in [9.17, 15) is 9.59 Å². The van der Waals surface area contributed by atoms with Gasteiger partial charge in [-0.25, -0.2) is 14.3 Å². The van der Waals surface area contributed by atoms with Crippen molar-refractivity contribution in [1.82, 2.24) is 14.5 Å². The lowest BCUT2D eigenvalue weighted by molar-refractivity contribution is 0.0221. The van der Waals surface area contributed by atoms with Crippen molar-refractivity contribution < 1.29 is 14.3 Å². The summed E-state index contributed by atoms with van der Waals surface area (Å²) in [4.78, 5) is 32.7. The lowest BCUT2D eigenvalue weighted by Gasteiger charge is -2.31. The van der Waals surface area contributed by atoms with E-state index in [-0.39, 0.29) is 12.1 Å². The van der Waals surface area contributed by atoms with Crippen LogP contribution in [0.5, 0.6) is 5.75 Å². The maximum atomic E-state index is 13.7. The van der Waals surface area contributed by atoms with Crippen molar-refractivity contribution in [2.45, 2.75) is 45.9 Å². The molecule has 1 amide bonds. The molecule has 1 aliphatic heterocycles. The van der Waals surface area contributed by atoms with Crippen molar-refractivity contribution in [2.75, 3.05) is 19.0 Å². The third kappa shape index (κ3) is 5.22. The average Bonchev–Trinajstić information content (AvgIpc) is 2.82. The zero-order valence-electron chi connectivity index (χ0n) is 20.0. The summed E-state index contributed by atoms with van der Waals surface area (Å²) in [5.41, 5.74) is 2.15. The molecule has 0 saturated heterocycles. The predicted molar refractivity (Wildman–Crippen MR) is 131 cm³/mol. The van der Waals surface area contributed by atoms with Crippen molar-refractivity contribution in [2.24, 2.45) is 0 Å². The highest BCUT2D eigenvalue weighted by Gasteiger charge is 2.29. The van der Waals surface area contributed by atoms with E-state index >= 15 is 0 Å². The number of amides is 1. The maximum absolute atomic E-state index is 13.7. The van der Waals surface area contributed by atoms with E-state index in [4.69, 9.17) is 14.5 Å². The van der Waals surface area contributed by atoms with Gasteiger partial charge in [0, 0.05) is 19.5 Å². The number of ether oxygens (including phenoxy) is 2. The Morgan fingerprint density at radius 2 is 1.79 bits per heavy atom. The molecule has 2 aromatic carbocycles. The fourth-order valence-corrected chi connectivity index (χ4v) is 3.82. The van der Waals surface area contributed by atoms with Gasteiger partial charge in [-0.3, -0.25) is 4.79 Å². The molecule has 1 aliphatic rings. The molecule has 1 aromatic heterocycles. The number of rotatable bonds is 5. The van der Waals surface area contributed by atoms with Crippen molar-refractivity contribution in [3.05, 3.63) is 81.8 Å². The van der Waals surface area contributed by atoms with Gasteiger partial charge in [-0.2, -0.15) is 0 Å². The number of carbonyl (C=O) groups excluding carboxylic acids is 1. The summed E-state index contributed by atoms with van der Waals surface area (Å²) >= 11 is 0. The SMILES string of the molecule is COc1ccc(CNc2nc3c(c(=O)n2-c2ccccc2)CN(C(=O)OC(C)(C)C)CC3)cc1. The summed E-state index contributed by atoms with van der Waals surface area (Å²) in [5, 5.41) is 3.33. The number of nitrogens with zero attached hydrogens (tertiary/aromatic N) is 3. The lowest BCUT2D eigenvalue weighted by Crippen LogP contribution is -2.43. The molecule has 0 atom stereocenters. The summed E-state index contributed by atoms with van der Waals surface area (Å²) in [6.45, 7) is 6.59. The van der Waals surface area contributed by atoms with Crippen molar-refractivity contribution in [3.63, 3.8) is 0 Å². The van der Waals surface area contributed by atoms with E-state index in [1.807, 2.05) is 75.4 Å². The first-order chi connectivity index (χ1) is 16.2. The van der Waals surface area contributed by atoms with Gasteiger partial charge in [-0.15, -0.1) is 0 Å². The standard InChI is InChI=1S/C26H30N4O4/c1-26(2,3)34-25(32)29-15-14-22-21(17-29)23(31)30(19-8-6-5-7-9-19)24(28-22)27-16-18-10-12-20(33-4)13-11-18/h5-13H,14-17H2,1-4H3,(H,27,28). The third-order valence-electron chi connectivity index (χ3n) is 5.51. The molecule has 4 rings (SSSR count). The summed E-state index contributed by atoms with van der Waals surface area (Å²) in [7, 11) is 1.63. The smallest absolute Gasteiger partial charge is 0.410 e. The second-order valence-electron chi connectivity index (χ2n) is 9.19. The molecule has 34 heavy (non-hydrogen) atoms. The predicted octanol–water partition coefficient (Wildman–Crippen LogP) is 4.15. The van der Waals surface area contributed by atoms with Gasteiger partial charge in [0.2, 0.25) is 5.95 Å². The molecule has 0 fully saturated rings. The number of para-hydroxylation sites is 1. The minimum atomic E-state index is -0.602. The van der Waals surface area contributed by atoms with E-state index in [0.29, 0.717) is 42.4 Å². The first-order valence-electron chi connectivity index (χ1n) is 11.3. The Morgan fingerprint density at radius 1 is 1.09 bits per heavy atom. The number of aromatic nitrogens is 2. The highest BCUT2D eigenvalue weighted by molar-refractivity contribution is 5.68. The maximum Gasteiger partial charge on any atom is 0.410 e. The molecule has 2 heterocycles. The van der Waals surface area contributed by atoms with E-state index in [0.717, 1.165) is 11.3 Å². The second kappa shape index (κ2) is 9.59. The van der Waals surface area contributed by atoms with Gasteiger partial charge < -0.3 is 19.7 Å². The molecule has 3 aromatic rings. The first kappa shape index (κ1) is 23.4. The van der Waals surface area contributed by atoms with Gasteiger partial charge >= 0.3 is 6.09 Å². The minimum absolute atomic E-state index is 0.168. The van der Waals surface area contributed by atoms with Crippen LogP contribution in [-0.4, -0.2) is 39.8 Å². The number of fused-ring (bicyclic) bond motifs is 1. The van der Waals surface area contributed by atoms with Crippen molar-refractivity contribution in [1.29, 1.82) is 0 Å². The van der Waals surface area contributed by atoms with Crippen LogP contribution in [0, 0.1) is 0 Å². The van der Waals surface area contributed by atoms with Crippen molar-refractivity contribution in [3.8, 4) is 11.4 Å². The zero-order chi connectivity index (χ0) is 24.3. The third-order valence-corrected chi connectivity index (χ3v) is 5.51. The summed E-state index contributed by atoms with van der Waals surface area (Å²) in [6.07, 6.45) is 0.0574. The van der Waals surface area contributed by atoms with E-state index in [2.05, 4.69) is 5.32 Å². The van der Waals surface area contributed by atoms with Crippen LogP contribution in [0.2, 0.25) is 0 Å². The molecule has 0 aliphatic carbocycles. The van der Waals surface area contributed by atoms with Gasteiger partial charge in [-0.05, 0) is 50.6 Å². The van der Waals surface area contributed by atoms with Crippen LogP contribution in [0.15, 0.2) is 59.4 Å². The van der Waals surface area contributed by atoms with Crippen molar-refractivity contribution >= 4 is 12.0 Å². The molecule has 8 nitrogen and oxygen atoms in total. The van der Waals surface area contributed by atoms with Crippen LogP contribution in [0.25, 0.3) is 5.69 Å². The number of anilines is 1. The molecule has 0 saturated carbocycles. The Balaban J connectivity index is 1.67. The summed E-state index contributed by atoms with van der Waals surface area (Å²) in [6, 6.07) is 17.1. The van der Waals surface area contributed by atoms with Gasteiger partial charge in [0.05, 0.1) is 30.6 Å². The average molecular weight is 463 g/mol. The number of hydrogen-bond donors (Lipinski definition) is 1. The molecular formula is C26H30N4O4. The van der Waals surface area contributed by atoms with Gasteiger partial charge in [0.1, 0.15) is 11.4 Å². The molecule has 0 spiro atoms. The number of carbonyl (C=O) groups is 1. The zero-order valence-corrected chi connectivity index (χ0v) is 20.0. The van der Waals surface area contributed by atoms with Crippen LogP contribution in [0.3, 0.4) is 0 Å². The van der Waals surface area contributed by atoms with E-state index < -0.39 is 11.7 Å². The number of methoxy groups -OCH3 is 1. The normalized spacial score (nSPS) is 13.2. The summed E-state index contributed by atoms with van der Waals surface area (Å²) in [5.74, 6) is 1.25. The topological polar surface area (TPSA) is 85.7 Å². The molecule has 0 bridgehead atoms. The highest BCUT2D eigenvalue weighted by atomic mass is 16.6. The Labute approximate surface area is 199 Å². The minimum Gasteiger partial charge on any atom is -0.497 e. The second-order valence-corrected chi connectivity index (χ2v) is 9.19. The fraction of sp³-hybridized carbons (Fsp3) is 0.346. The van der Waals surface area contributed by atoms with Crippen LogP contribution in [0.1, 0.15) is 37.6 Å². The Bertz CT molecular complexity index is 1210. The highest BCUT2D eigenvalue weighted by Crippen LogP contribution is 2.22. The Kier molecular flexibility index (Phi) is 6.58. The first-order valence-corrected chi connectivity index (χ1v) is 11.3. The largest absolute Gasteiger partial charge is 0.497 e. The molecule has 8 heteroatoms.